The minimum Gasteiger partial charge on any atom is -0.497 e. The van der Waals surface area contributed by atoms with Crippen LogP contribution in [0.5, 0.6) is 11.6 Å². The number of hydrogen-bond donors (Lipinski definition) is 2. The van der Waals surface area contributed by atoms with Gasteiger partial charge in [0.2, 0.25) is 5.88 Å². The van der Waals surface area contributed by atoms with Gasteiger partial charge in [-0.25, -0.2) is 0 Å². The Bertz CT molecular complexity index is 2120. The second kappa shape index (κ2) is 19.4. The van der Waals surface area contributed by atoms with Crippen LogP contribution in [0.1, 0.15) is 39.1 Å². The maximum Gasteiger partial charge on any atom is 0.356 e. The molecule has 11 heteroatoms. The summed E-state index contributed by atoms with van der Waals surface area (Å²) < 4.78 is 45.0. The van der Waals surface area contributed by atoms with Gasteiger partial charge in [0, 0.05) is 22.7 Å². The van der Waals surface area contributed by atoms with Crippen LogP contribution in [0, 0.1) is 6.92 Å². The van der Waals surface area contributed by atoms with Crippen molar-refractivity contribution in [3.63, 3.8) is 0 Å². The first kappa shape index (κ1) is 40.2. The Kier molecular flexibility index (Phi) is 13.7. The highest BCUT2D eigenvalue weighted by Crippen LogP contribution is 2.39. The van der Waals surface area contributed by atoms with Gasteiger partial charge in [-0.3, -0.25) is 5.10 Å². The molecule has 0 radical (unpaired) electrons. The lowest BCUT2D eigenvalue weighted by Gasteiger charge is -2.49. The van der Waals surface area contributed by atoms with Crippen LogP contribution in [0.2, 0.25) is 5.02 Å². The Hall–Kier alpha value is -5.04. The standard InChI is InChI=1S/C46H47ClN2O8/c1-32-39(25-37-23-24-38(51-2)26-40(37)47)45(49-48-32)57-46(50)44(55-30-36-21-13-6-14-22-36)43(54-29-35-19-11-5-12-20-35)42(53-28-34-17-9-4-10-18-34)41(56-46)31-52-27-33-15-7-3-8-16-33/h3-24,26,41-44,50H,25,27-31H2,1-2H3,(H,48,49)/t41-,42-,43+,44-,46-/m1/s1. The molecule has 5 atom stereocenters. The first-order chi connectivity index (χ1) is 27.9. The van der Waals surface area contributed by atoms with E-state index in [9.17, 15) is 5.11 Å². The highest BCUT2D eigenvalue weighted by atomic mass is 35.5. The summed E-state index contributed by atoms with van der Waals surface area (Å²) >= 11 is 6.69. The van der Waals surface area contributed by atoms with Gasteiger partial charge in [0.05, 0.1) is 40.1 Å². The Morgan fingerprint density at radius 3 is 1.77 bits per heavy atom. The highest BCUT2D eigenvalue weighted by Gasteiger charge is 2.59. The number of nitrogens with zero attached hydrogens (tertiary/aromatic N) is 1. The molecule has 57 heavy (non-hydrogen) atoms. The van der Waals surface area contributed by atoms with Crippen LogP contribution in [0.3, 0.4) is 0 Å². The number of aromatic nitrogens is 2. The zero-order valence-corrected chi connectivity index (χ0v) is 32.7. The maximum absolute atomic E-state index is 12.9. The number of aliphatic hydroxyl groups is 1. The van der Waals surface area contributed by atoms with Gasteiger partial charge < -0.3 is 38.3 Å². The summed E-state index contributed by atoms with van der Waals surface area (Å²) in [5.41, 5.74) is 5.94. The van der Waals surface area contributed by atoms with E-state index in [1.165, 1.54) is 0 Å². The molecule has 0 unspecified atom stereocenters. The Labute approximate surface area is 338 Å². The van der Waals surface area contributed by atoms with E-state index in [1.54, 1.807) is 13.2 Å². The van der Waals surface area contributed by atoms with E-state index in [0.29, 0.717) is 29.4 Å². The molecule has 296 valence electrons. The summed E-state index contributed by atoms with van der Waals surface area (Å²) in [6.07, 6.45) is -3.51. The number of halogens is 1. The second-order valence-corrected chi connectivity index (χ2v) is 14.3. The zero-order valence-electron chi connectivity index (χ0n) is 32.0. The van der Waals surface area contributed by atoms with Crippen LogP contribution < -0.4 is 9.47 Å². The van der Waals surface area contributed by atoms with Crippen molar-refractivity contribution in [3.8, 4) is 11.6 Å². The lowest BCUT2D eigenvalue weighted by atomic mass is 9.96. The Morgan fingerprint density at radius 2 is 1.23 bits per heavy atom. The third-order valence-corrected chi connectivity index (χ3v) is 10.2. The number of nitrogens with one attached hydrogen (secondary N) is 1. The summed E-state index contributed by atoms with van der Waals surface area (Å²) in [6.45, 7) is 2.76. The van der Waals surface area contributed by atoms with Crippen LogP contribution in [-0.4, -0.2) is 59.4 Å². The molecular weight excluding hydrogens is 744 g/mol. The molecule has 1 aromatic heterocycles. The van der Waals surface area contributed by atoms with Crippen molar-refractivity contribution < 1.29 is 38.3 Å². The SMILES string of the molecule is COc1ccc(Cc2c(O[C@]3(O)O[C@H](COCc4ccccc4)[C@@H](OCc4ccccc4)[C@H](OCc4ccccc4)[C@H]3OCc3ccccc3)n[nH]c2C)c(Cl)c1. The van der Waals surface area contributed by atoms with Gasteiger partial charge in [0.1, 0.15) is 24.1 Å². The maximum atomic E-state index is 12.9. The normalized spacial score (nSPS) is 20.6. The van der Waals surface area contributed by atoms with Crippen molar-refractivity contribution in [2.75, 3.05) is 13.7 Å². The van der Waals surface area contributed by atoms with E-state index < -0.39 is 30.4 Å². The van der Waals surface area contributed by atoms with Gasteiger partial charge in [-0.1, -0.05) is 139 Å². The zero-order chi connectivity index (χ0) is 39.5. The van der Waals surface area contributed by atoms with Gasteiger partial charge in [-0.15, -0.1) is 5.10 Å². The Morgan fingerprint density at radius 1 is 0.702 bits per heavy atom. The third kappa shape index (κ3) is 10.5. The molecule has 0 saturated carbocycles. The molecule has 2 heterocycles. The second-order valence-electron chi connectivity index (χ2n) is 13.9. The molecule has 0 amide bonds. The largest absolute Gasteiger partial charge is 0.497 e. The molecule has 1 fully saturated rings. The topological polar surface area (TPSA) is 114 Å². The lowest BCUT2D eigenvalue weighted by molar-refractivity contribution is -0.436. The van der Waals surface area contributed by atoms with Crippen molar-refractivity contribution in [1.82, 2.24) is 10.2 Å². The minimum atomic E-state index is -2.44. The molecule has 5 aromatic carbocycles. The predicted molar refractivity (Wildman–Crippen MR) is 216 cm³/mol. The van der Waals surface area contributed by atoms with Crippen LogP contribution in [0.25, 0.3) is 0 Å². The van der Waals surface area contributed by atoms with Crippen molar-refractivity contribution in [2.45, 2.75) is 70.2 Å². The van der Waals surface area contributed by atoms with Crippen molar-refractivity contribution in [1.29, 1.82) is 0 Å². The summed E-state index contributed by atoms with van der Waals surface area (Å²) in [6, 6.07) is 44.7. The molecule has 1 saturated heterocycles. The fourth-order valence-electron chi connectivity index (χ4n) is 6.75. The summed E-state index contributed by atoms with van der Waals surface area (Å²) in [5, 5.41) is 20.9. The van der Waals surface area contributed by atoms with Gasteiger partial charge in [0.25, 0.3) is 0 Å². The van der Waals surface area contributed by atoms with Crippen LogP contribution in [0.4, 0.5) is 0 Å². The van der Waals surface area contributed by atoms with E-state index in [4.69, 9.17) is 44.8 Å². The molecule has 7 rings (SSSR count). The fourth-order valence-corrected chi connectivity index (χ4v) is 6.99. The first-order valence-electron chi connectivity index (χ1n) is 18.9. The summed E-state index contributed by atoms with van der Waals surface area (Å²) in [5.74, 6) is -1.69. The average molecular weight is 791 g/mol. The van der Waals surface area contributed by atoms with Gasteiger partial charge in [0.15, 0.2) is 6.10 Å². The van der Waals surface area contributed by atoms with Crippen molar-refractivity contribution >= 4 is 11.6 Å². The van der Waals surface area contributed by atoms with E-state index in [2.05, 4.69) is 10.2 Å². The van der Waals surface area contributed by atoms with Crippen molar-refractivity contribution in [2.24, 2.45) is 0 Å². The number of ether oxygens (including phenoxy) is 7. The number of hydrogen-bond acceptors (Lipinski definition) is 9. The van der Waals surface area contributed by atoms with E-state index in [-0.39, 0.29) is 32.3 Å². The van der Waals surface area contributed by atoms with E-state index in [1.807, 2.05) is 140 Å². The molecule has 0 bridgehead atoms. The van der Waals surface area contributed by atoms with Crippen LogP contribution >= 0.6 is 11.6 Å². The minimum absolute atomic E-state index is 0.0323. The predicted octanol–water partition coefficient (Wildman–Crippen LogP) is 8.37. The molecule has 0 spiro atoms. The number of methoxy groups -OCH3 is 1. The molecule has 10 nitrogen and oxygen atoms in total. The van der Waals surface area contributed by atoms with E-state index in [0.717, 1.165) is 33.5 Å². The van der Waals surface area contributed by atoms with Gasteiger partial charge >= 0.3 is 5.97 Å². The monoisotopic (exact) mass is 790 g/mol. The van der Waals surface area contributed by atoms with Gasteiger partial charge in [-0.05, 0) is 46.9 Å². The molecule has 2 N–H and O–H groups in total. The summed E-state index contributed by atoms with van der Waals surface area (Å²) in [7, 11) is 1.59. The first-order valence-corrected chi connectivity index (χ1v) is 19.3. The average Bonchev–Trinajstić information content (AvgIpc) is 3.58. The van der Waals surface area contributed by atoms with Gasteiger partial charge in [-0.2, -0.15) is 0 Å². The highest BCUT2D eigenvalue weighted by molar-refractivity contribution is 6.31. The smallest absolute Gasteiger partial charge is 0.356 e. The fraction of sp³-hybridized carbons (Fsp3) is 0.283. The number of H-pyrrole nitrogens is 1. The lowest BCUT2D eigenvalue weighted by Crippen LogP contribution is -2.69. The number of aromatic amines is 1. The molecule has 1 aliphatic heterocycles. The molecule has 6 aromatic rings. The Balaban J connectivity index is 1.26. The number of aryl methyl sites for hydroxylation is 1. The van der Waals surface area contributed by atoms with Crippen LogP contribution in [0.15, 0.2) is 140 Å². The van der Waals surface area contributed by atoms with Crippen molar-refractivity contribution in [3.05, 3.63) is 184 Å². The summed E-state index contributed by atoms with van der Waals surface area (Å²) in [4.78, 5) is 0. The molecular formula is C46H47ClN2O8. The molecule has 0 aliphatic carbocycles. The quantitative estimate of drug-likeness (QED) is 0.0830. The van der Waals surface area contributed by atoms with Crippen LogP contribution in [-0.2, 0) is 56.5 Å². The van der Waals surface area contributed by atoms with E-state index >= 15 is 0 Å². The number of rotatable bonds is 18. The third-order valence-electron chi connectivity index (χ3n) is 9.81. The number of benzene rings is 5. The molecule has 1 aliphatic rings.